The first kappa shape index (κ1) is 13.7. The number of ether oxygens (including phenoxy) is 2. The molecule has 8 nitrogen and oxygen atoms in total. The number of hydrogen-bond donors (Lipinski definition) is 4. The summed E-state index contributed by atoms with van der Waals surface area (Å²) in [6.45, 7) is 0.213. The van der Waals surface area contributed by atoms with E-state index >= 15 is 0 Å². The maximum absolute atomic E-state index is 5.55. The first-order chi connectivity index (χ1) is 8.15. The molecule has 0 bridgehead atoms. The quantitative estimate of drug-likeness (QED) is 0.328. The number of nitrogens with one attached hydrogen (secondary N) is 1. The maximum atomic E-state index is 5.55. The molecule has 0 radical (unpaired) electrons. The summed E-state index contributed by atoms with van der Waals surface area (Å²) in [6, 6.07) is 5.18. The van der Waals surface area contributed by atoms with Crippen molar-refractivity contribution in [3.8, 4) is 11.5 Å². The molecule has 9 heteroatoms. The molecule has 0 aliphatic carbocycles. The van der Waals surface area contributed by atoms with E-state index in [0.717, 1.165) is 0 Å². The van der Waals surface area contributed by atoms with Gasteiger partial charge in [0, 0.05) is 6.07 Å². The van der Waals surface area contributed by atoms with Crippen LogP contribution >= 0.6 is 12.4 Å². The van der Waals surface area contributed by atoms with Crippen LogP contribution in [0.4, 0.5) is 5.69 Å². The van der Waals surface area contributed by atoms with Gasteiger partial charge >= 0.3 is 0 Å². The zero-order valence-corrected chi connectivity index (χ0v) is 10.1. The number of guanidine groups is 2. The molecule has 1 aliphatic heterocycles. The third-order valence-corrected chi connectivity index (χ3v) is 1.91. The van der Waals surface area contributed by atoms with Gasteiger partial charge in [0.1, 0.15) is 0 Å². The average Bonchev–Trinajstić information content (AvgIpc) is 2.73. The summed E-state index contributed by atoms with van der Waals surface area (Å²) in [5.74, 6) is 1.24. The van der Waals surface area contributed by atoms with Crippen molar-refractivity contribution in [2.75, 3.05) is 6.79 Å². The second-order valence-corrected chi connectivity index (χ2v) is 3.18. The number of fused-ring (bicyclic) bond motifs is 1. The number of nitrogens with two attached hydrogens (primary N) is 3. The standard InChI is InChI=1S/C9H12N6O2.ClH/c10-8(11)14-15-9(12)13-5-1-2-6-7(3-5)17-4-16-6;/h1-3H,4H2,(H4,10,11,14)(H3,12,13,15);1H. The lowest BCUT2D eigenvalue weighted by Crippen LogP contribution is -2.32. The zero-order valence-electron chi connectivity index (χ0n) is 9.29. The Hall–Kier alpha value is -2.35. The fourth-order valence-corrected chi connectivity index (χ4v) is 1.24. The molecule has 1 heterocycles. The van der Waals surface area contributed by atoms with Crippen molar-refractivity contribution in [2.24, 2.45) is 27.3 Å². The van der Waals surface area contributed by atoms with Crippen LogP contribution in [0.3, 0.4) is 0 Å². The first-order valence-corrected chi connectivity index (χ1v) is 4.73. The lowest BCUT2D eigenvalue weighted by Gasteiger charge is -2.01. The molecule has 0 spiro atoms. The fraction of sp³-hybridized carbons (Fsp3) is 0.111. The summed E-state index contributed by atoms with van der Waals surface area (Å²) in [6.07, 6.45) is 0. The Morgan fingerprint density at radius 3 is 2.61 bits per heavy atom. The Bertz CT molecular complexity index is 486. The van der Waals surface area contributed by atoms with Gasteiger partial charge in [0.15, 0.2) is 11.5 Å². The minimum Gasteiger partial charge on any atom is -0.454 e. The molecule has 0 unspecified atom stereocenters. The topological polar surface area (TPSA) is 133 Å². The van der Waals surface area contributed by atoms with E-state index in [1.54, 1.807) is 18.2 Å². The first-order valence-electron chi connectivity index (χ1n) is 4.73. The molecule has 1 aromatic carbocycles. The molecule has 0 aromatic heterocycles. The molecule has 0 fully saturated rings. The van der Waals surface area contributed by atoms with Crippen LogP contribution in [0.25, 0.3) is 0 Å². The van der Waals surface area contributed by atoms with Gasteiger partial charge in [-0.05, 0) is 12.1 Å². The SMILES string of the molecule is Cl.NC(N)=NNC(N)=Nc1ccc2c(c1)OCO2. The van der Waals surface area contributed by atoms with Crippen molar-refractivity contribution in [1.82, 2.24) is 5.43 Å². The molecule has 0 atom stereocenters. The van der Waals surface area contributed by atoms with Crippen molar-refractivity contribution in [1.29, 1.82) is 0 Å². The number of rotatable bonds is 2. The largest absolute Gasteiger partial charge is 0.454 e. The van der Waals surface area contributed by atoms with Gasteiger partial charge in [0.25, 0.3) is 0 Å². The third kappa shape index (κ3) is 3.32. The van der Waals surface area contributed by atoms with Gasteiger partial charge in [-0.3, -0.25) is 0 Å². The summed E-state index contributed by atoms with van der Waals surface area (Å²) >= 11 is 0. The highest BCUT2D eigenvalue weighted by atomic mass is 35.5. The fourth-order valence-electron chi connectivity index (χ4n) is 1.24. The lowest BCUT2D eigenvalue weighted by atomic mass is 10.3. The van der Waals surface area contributed by atoms with Crippen LogP contribution in [0.15, 0.2) is 28.3 Å². The molecule has 1 aliphatic rings. The van der Waals surface area contributed by atoms with Gasteiger partial charge in [-0.1, -0.05) is 0 Å². The van der Waals surface area contributed by atoms with Gasteiger partial charge in [0.05, 0.1) is 5.69 Å². The maximum Gasteiger partial charge on any atom is 0.231 e. The number of nitrogens with zero attached hydrogens (tertiary/aromatic N) is 2. The van der Waals surface area contributed by atoms with Crippen molar-refractivity contribution < 1.29 is 9.47 Å². The number of halogens is 1. The molecule has 0 amide bonds. The molecule has 0 saturated heterocycles. The third-order valence-electron chi connectivity index (χ3n) is 1.91. The van der Waals surface area contributed by atoms with Crippen molar-refractivity contribution in [3.63, 3.8) is 0 Å². The highest BCUT2D eigenvalue weighted by molar-refractivity contribution is 5.85. The van der Waals surface area contributed by atoms with E-state index in [9.17, 15) is 0 Å². The summed E-state index contributed by atoms with van der Waals surface area (Å²) in [5.41, 5.74) is 18.8. The highest BCUT2D eigenvalue weighted by Gasteiger charge is 2.12. The number of hydrazone groups is 1. The monoisotopic (exact) mass is 272 g/mol. The van der Waals surface area contributed by atoms with Crippen molar-refractivity contribution >= 4 is 30.0 Å². The van der Waals surface area contributed by atoms with E-state index in [1.807, 2.05) is 0 Å². The Balaban J connectivity index is 0.00000162. The number of aliphatic imine (C=N–C) groups is 1. The second-order valence-electron chi connectivity index (χ2n) is 3.18. The van der Waals surface area contributed by atoms with Crippen LogP contribution in [-0.4, -0.2) is 18.7 Å². The molecular weight excluding hydrogens is 260 g/mol. The summed E-state index contributed by atoms with van der Waals surface area (Å²) in [5, 5.41) is 3.50. The van der Waals surface area contributed by atoms with Crippen LogP contribution in [-0.2, 0) is 0 Å². The molecule has 1 aromatic rings. The minimum absolute atomic E-state index is 0. The van der Waals surface area contributed by atoms with Crippen molar-refractivity contribution in [2.45, 2.75) is 0 Å². The normalized spacial score (nSPS) is 12.6. The summed E-state index contributed by atoms with van der Waals surface area (Å²) in [4.78, 5) is 4.04. The predicted octanol–water partition coefficient (Wildman–Crippen LogP) is -0.439. The highest BCUT2D eigenvalue weighted by Crippen LogP contribution is 2.34. The lowest BCUT2D eigenvalue weighted by molar-refractivity contribution is 0.174. The molecule has 18 heavy (non-hydrogen) atoms. The van der Waals surface area contributed by atoms with Gasteiger partial charge in [-0.25, -0.2) is 10.4 Å². The predicted molar refractivity (Wildman–Crippen MR) is 70.0 cm³/mol. The van der Waals surface area contributed by atoms with Crippen LogP contribution < -0.4 is 32.1 Å². The number of hydrogen-bond acceptors (Lipinski definition) is 4. The Kier molecular flexibility index (Phi) is 4.44. The average molecular weight is 273 g/mol. The Labute approximate surface area is 109 Å². The zero-order chi connectivity index (χ0) is 12.3. The van der Waals surface area contributed by atoms with E-state index in [0.29, 0.717) is 17.2 Å². The van der Waals surface area contributed by atoms with E-state index in [-0.39, 0.29) is 31.1 Å². The molecule has 7 N–H and O–H groups in total. The van der Waals surface area contributed by atoms with Crippen LogP contribution in [0.1, 0.15) is 0 Å². The number of benzene rings is 1. The Morgan fingerprint density at radius 1 is 1.17 bits per heavy atom. The van der Waals surface area contributed by atoms with Gasteiger partial charge in [-0.15, -0.1) is 17.5 Å². The summed E-state index contributed by atoms with van der Waals surface area (Å²) < 4.78 is 10.4. The minimum atomic E-state index is -0.131. The molecule has 2 rings (SSSR count). The van der Waals surface area contributed by atoms with Gasteiger partial charge in [0.2, 0.25) is 18.7 Å². The van der Waals surface area contributed by atoms with Crippen LogP contribution in [0.2, 0.25) is 0 Å². The van der Waals surface area contributed by atoms with E-state index in [2.05, 4.69) is 15.5 Å². The molecule has 0 saturated carbocycles. The van der Waals surface area contributed by atoms with E-state index < -0.39 is 0 Å². The van der Waals surface area contributed by atoms with Gasteiger partial charge < -0.3 is 26.7 Å². The van der Waals surface area contributed by atoms with Crippen LogP contribution in [0, 0.1) is 0 Å². The van der Waals surface area contributed by atoms with E-state index in [4.69, 9.17) is 26.7 Å². The smallest absolute Gasteiger partial charge is 0.231 e. The van der Waals surface area contributed by atoms with Gasteiger partial charge in [-0.2, -0.15) is 0 Å². The van der Waals surface area contributed by atoms with E-state index in [1.165, 1.54) is 0 Å². The molecular formula is C9H13ClN6O2. The van der Waals surface area contributed by atoms with Crippen LogP contribution in [0.5, 0.6) is 11.5 Å². The van der Waals surface area contributed by atoms with Crippen molar-refractivity contribution in [3.05, 3.63) is 18.2 Å². The Morgan fingerprint density at radius 2 is 1.89 bits per heavy atom. The second kappa shape index (κ2) is 5.82. The summed E-state index contributed by atoms with van der Waals surface area (Å²) in [7, 11) is 0. The molecule has 98 valence electrons.